The Kier molecular flexibility index (Phi) is 2.83. The number of rotatable bonds is 3. The molecule has 3 rings (SSSR count). The van der Waals surface area contributed by atoms with E-state index >= 15 is 0 Å². The van der Waals surface area contributed by atoms with Gasteiger partial charge in [-0.05, 0) is 24.7 Å². The Bertz CT molecular complexity index is 605. The van der Waals surface area contributed by atoms with E-state index in [1.807, 2.05) is 0 Å². The second-order valence-corrected chi connectivity index (χ2v) is 4.81. The highest BCUT2D eigenvalue weighted by Gasteiger charge is 2.27. The lowest BCUT2D eigenvalue weighted by molar-refractivity contribution is 0.182. The molecule has 0 aliphatic heterocycles. The van der Waals surface area contributed by atoms with Gasteiger partial charge in [0.05, 0.1) is 6.33 Å². The van der Waals surface area contributed by atoms with Gasteiger partial charge in [-0.2, -0.15) is 0 Å². The predicted molar refractivity (Wildman–Crippen MR) is 63.9 cm³/mol. The average Bonchev–Trinajstić information content (AvgIpc) is 2.98. The van der Waals surface area contributed by atoms with Crippen LogP contribution in [0.1, 0.15) is 19.3 Å². The van der Waals surface area contributed by atoms with Crippen molar-refractivity contribution >= 4 is 11.2 Å². The SMILES string of the molecule is O=c1[nH]cnc2c1nnn2C[C@@H]1CCC[C@H]1CO. The lowest BCUT2D eigenvalue weighted by Gasteiger charge is -2.16. The number of nitrogens with zero attached hydrogens (tertiary/aromatic N) is 4. The third-order valence-electron chi connectivity index (χ3n) is 3.76. The summed E-state index contributed by atoms with van der Waals surface area (Å²) in [5, 5.41) is 17.2. The molecule has 0 aromatic carbocycles. The smallest absolute Gasteiger partial charge is 0.280 e. The van der Waals surface area contributed by atoms with Gasteiger partial charge in [-0.25, -0.2) is 9.67 Å². The minimum absolute atomic E-state index is 0.214. The molecular weight excluding hydrogens is 234 g/mol. The Balaban J connectivity index is 1.91. The fraction of sp³-hybridized carbons (Fsp3) is 0.636. The zero-order valence-electron chi connectivity index (χ0n) is 9.91. The lowest BCUT2D eigenvalue weighted by Crippen LogP contribution is -2.19. The number of nitrogens with one attached hydrogen (secondary N) is 1. The summed E-state index contributed by atoms with van der Waals surface area (Å²) < 4.78 is 1.67. The maximum atomic E-state index is 11.5. The molecule has 2 atom stereocenters. The van der Waals surface area contributed by atoms with E-state index in [1.165, 1.54) is 6.33 Å². The van der Waals surface area contributed by atoms with Crippen LogP contribution in [0.4, 0.5) is 0 Å². The molecule has 1 aliphatic carbocycles. The third-order valence-corrected chi connectivity index (χ3v) is 3.76. The van der Waals surface area contributed by atoms with E-state index < -0.39 is 0 Å². The zero-order valence-corrected chi connectivity index (χ0v) is 9.91. The second-order valence-electron chi connectivity index (χ2n) is 4.81. The van der Waals surface area contributed by atoms with E-state index in [0.29, 0.717) is 24.0 Å². The monoisotopic (exact) mass is 249 g/mol. The van der Waals surface area contributed by atoms with Crippen molar-refractivity contribution in [2.75, 3.05) is 6.61 Å². The molecule has 2 aromatic heterocycles. The van der Waals surface area contributed by atoms with Crippen LogP contribution in [0, 0.1) is 11.8 Å². The first-order chi connectivity index (χ1) is 8.79. The number of hydrogen-bond acceptors (Lipinski definition) is 5. The molecule has 7 nitrogen and oxygen atoms in total. The minimum atomic E-state index is -0.267. The van der Waals surface area contributed by atoms with Crippen LogP contribution in [0.25, 0.3) is 11.2 Å². The summed E-state index contributed by atoms with van der Waals surface area (Å²) in [5.74, 6) is 0.715. The summed E-state index contributed by atoms with van der Waals surface area (Å²) >= 11 is 0. The van der Waals surface area contributed by atoms with Crippen molar-refractivity contribution in [1.29, 1.82) is 0 Å². The normalized spacial score (nSPS) is 23.8. The molecule has 18 heavy (non-hydrogen) atoms. The van der Waals surface area contributed by atoms with Gasteiger partial charge >= 0.3 is 0 Å². The van der Waals surface area contributed by atoms with Crippen LogP contribution in [0.3, 0.4) is 0 Å². The molecule has 0 amide bonds. The number of hydrogen-bond donors (Lipinski definition) is 2. The minimum Gasteiger partial charge on any atom is -0.396 e. The number of aromatic amines is 1. The Labute approximate surface area is 103 Å². The van der Waals surface area contributed by atoms with Crippen LogP contribution in [-0.2, 0) is 6.54 Å². The molecule has 0 unspecified atom stereocenters. The Morgan fingerprint density at radius 1 is 1.44 bits per heavy atom. The number of aromatic nitrogens is 5. The third kappa shape index (κ3) is 1.80. The van der Waals surface area contributed by atoms with Crippen LogP contribution < -0.4 is 5.56 Å². The summed E-state index contributed by atoms with van der Waals surface area (Å²) in [6.45, 7) is 0.878. The highest BCUT2D eigenvalue weighted by atomic mass is 16.3. The van der Waals surface area contributed by atoms with Crippen molar-refractivity contribution in [3.8, 4) is 0 Å². The molecule has 0 bridgehead atoms. The van der Waals surface area contributed by atoms with Crippen molar-refractivity contribution in [3.63, 3.8) is 0 Å². The van der Waals surface area contributed by atoms with Gasteiger partial charge in [0.2, 0.25) is 0 Å². The molecular formula is C11H15N5O2. The molecule has 2 heterocycles. The Morgan fingerprint density at radius 2 is 2.28 bits per heavy atom. The molecule has 1 aliphatic rings. The van der Waals surface area contributed by atoms with Gasteiger partial charge in [0.15, 0.2) is 11.2 Å². The largest absolute Gasteiger partial charge is 0.396 e. The summed E-state index contributed by atoms with van der Waals surface area (Å²) in [6.07, 6.45) is 4.64. The number of aliphatic hydroxyl groups excluding tert-OH is 1. The molecule has 96 valence electrons. The van der Waals surface area contributed by atoms with E-state index in [2.05, 4.69) is 20.3 Å². The fourth-order valence-electron chi connectivity index (χ4n) is 2.74. The van der Waals surface area contributed by atoms with Gasteiger partial charge in [0, 0.05) is 13.2 Å². The van der Waals surface area contributed by atoms with Crippen LogP contribution in [-0.4, -0.2) is 36.7 Å². The summed E-state index contributed by atoms with van der Waals surface area (Å²) in [4.78, 5) is 18.1. The topological polar surface area (TPSA) is 96.7 Å². The first-order valence-electron chi connectivity index (χ1n) is 6.17. The summed E-state index contributed by atoms with van der Waals surface area (Å²) in [6, 6.07) is 0. The number of fused-ring (bicyclic) bond motifs is 1. The Morgan fingerprint density at radius 3 is 3.11 bits per heavy atom. The lowest BCUT2D eigenvalue weighted by atomic mass is 9.97. The van der Waals surface area contributed by atoms with E-state index in [1.54, 1.807) is 4.68 Å². The molecule has 0 saturated heterocycles. The molecule has 0 spiro atoms. The highest BCUT2D eigenvalue weighted by Crippen LogP contribution is 2.32. The van der Waals surface area contributed by atoms with Gasteiger partial charge in [0.1, 0.15) is 0 Å². The molecule has 7 heteroatoms. The first kappa shape index (κ1) is 11.3. The maximum absolute atomic E-state index is 11.5. The zero-order chi connectivity index (χ0) is 12.5. The van der Waals surface area contributed by atoms with E-state index in [4.69, 9.17) is 0 Å². The van der Waals surface area contributed by atoms with Gasteiger partial charge < -0.3 is 10.1 Å². The predicted octanol–water partition coefficient (Wildman–Crippen LogP) is -0.0768. The van der Waals surface area contributed by atoms with Gasteiger partial charge in [0.25, 0.3) is 5.56 Å². The highest BCUT2D eigenvalue weighted by molar-refractivity contribution is 5.67. The standard InChI is InChI=1S/C11H15N5O2/c17-5-8-3-1-2-7(8)4-16-10-9(14-15-16)11(18)13-6-12-10/h6-8,17H,1-5H2,(H,12,13,18)/t7-,8-/m0/s1. The van der Waals surface area contributed by atoms with Crippen LogP contribution >= 0.6 is 0 Å². The van der Waals surface area contributed by atoms with Crippen molar-refractivity contribution in [2.45, 2.75) is 25.8 Å². The van der Waals surface area contributed by atoms with Crippen molar-refractivity contribution in [1.82, 2.24) is 25.0 Å². The number of aliphatic hydroxyl groups is 1. The quantitative estimate of drug-likeness (QED) is 0.793. The first-order valence-corrected chi connectivity index (χ1v) is 6.17. The van der Waals surface area contributed by atoms with Gasteiger partial charge in [-0.1, -0.05) is 11.6 Å². The molecule has 2 N–H and O–H groups in total. The van der Waals surface area contributed by atoms with Crippen molar-refractivity contribution in [2.24, 2.45) is 11.8 Å². The van der Waals surface area contributed by atoms with Crippen LogP contribution in [0.15, 0.2) is 11.1 Å². The second kappa shape index (κ2) is 4.49. The number of H-pyrrole nitrogens is 1. The summed E-state index contributed by atoms with van der Waals surface area (Å²) in [7, 11) is 0. The molecule has 1 fully saturated rings. The van der Waals surface area contributed by atoms with Gasteiger partial charge in [-0.15, -0.1) is 5.10 Å². The summed E-state index contributed by atoms with van der Waals surface area (Å²) in [5.41, 5.74) is 0.523. The van der Waals surface area contributed by atoms with Crippen LogP contribution in [0.5, 0.6) is 0 Å². The van der Waals surface area contributed by atoms with Crippen LogP contribution in [0.2, 0.25) is 0 Å². The fourth-order valence-corrected chi connectivity index (χ4v) is 2.74. The van der Waals surface area contributed by atoms with E-state index in [9.17, 15) is 9.90 Å². The Hall–Kier alpha value is -1.76. The van der Waals surface area contributed by atoms with E-state index in [-0.39, 0.29) is 17.7 Å². The average molecular weight is 249 g/mol. The molecule has 2 aromatic rings. The molecule has 0 radical (unpaired) electrons. The van der Waals surface area contributed by atoms with Gasteiger partial charge in [-0.3, -0.25) is 4.79 Å². The van der Waals surface area contributed by atoms with E-state index in [0.717, 1.165) is 19.3 Å². The van der Waals surface area contributed by atoms with Crippen molar-refractivity contribution < 1.29 is 5.11 Å². The maximum Gasteiger partial charge on any atom is 0.280 e. The molecule has 1 saturated carbocycles. The van der Waals surface area contributed by atoms with Crippen molar-refractivity contribution in [3.05, 3.63) is 16.7 Å².